The van der Waals surface area contributed by atoms with E-state index in [1.165, 1.54) is 0 Å². The highest BCUT2D eigenvalue weighted by Gasteiger charge is 2.08. The van der Waals surface area contributed by atoms with Gasteiger partial charge < -0.3 is 5.73 Å². The number of nitrogen functional groups attached to an aromatic ring is 1. The Kier molecular flexibility index (Phi) is 3.33. The lowest BCUT2D eigenvalue weighted by atomic mass is 10.1. The molecular formula is C11H11F2N3S. The molecule has 2 N–H and O–H groups in total. The Bertz CT molecular complexity index is 508. The average molecular weight is 255 g/mol. The number of hydrogen-bond acceptors (Lipinski definition) is 3. The first-order chi connectivity index (χ1) is 8.08. The lowest BCUT2D eigenvalue weighted by Gasteiger charge is -2.03. The van der Waals surface area contributed by atoms with Gasteiger partial charge in [0.25, 0.3) is 5.76 Å². The second-order valence-electron chi connectivity index (χ2n) is 3.47. The SMILES string of the molecule is Cn1ncc(-c2ccc(SC(F)F)cc2)c1N. The highest BCUT2D eigenvalue weighted by Crippen LogP contribution is 2.29. The van der Waals surface area contributed by atoms with E-state index >= 15 is 0 Å². The van der Waals surface area contributed by atoms with Gasteiger partial charge in [-0.1, -0.05) is 23.9 Å². The van der Waals surface area contributed by atoms with Crippen molar-refractivity contribution in [3.63, 3.8) is 0 Å². The molecule has 2 rings (SSSR count). The Labute approximate surface area is 102 Å². The van der Waals surface area contributed by atoms with Gasteiger partial charge in [0.2, 0.25) is 0 Å². The first-order valence-electron chi connectivity index (χ1n) is 4.90. The van der Waals surface area contributed by atoms with E-state index < -0.39 is 5.76 Å². The Hall–Kier alpha value is -1.56. The lowest BCUT2D eigenvalue weighted by molar-refractivity contribution is 0.252. The molecular weight excluding hydrogens is 244 g/mol. The standard InChI is InChI=1S/C11H11F2N3S/c1-16-10(14)9(6-15-16)7-2-4-8(5-3-7)17-11(12)13/h2-6,11H,14H2,1H3. The molecule has 17 heavy (non-hydrogen) atoms. The van der Waals surface area contributed by atoms with Crippen molar-refractivity contribution in [2.45, 2.75) is 10.7 Å². The van der Waals surface area contributed by atoms with Crippen molar-refractivity contribution in [2.24, 2.45) is 7.05 Å². The van der Waals surface area contributed by atoms with Gasteiger partial charge in [-0.05, 0) is 17.7 Å². The summed E-state index contributed by atoms with van der Waals surface area (Å²) >= 11 is 0.526. The molecule has 0 spiro atoms. The van der Waals surface area contributed by atoms with Crippen LogP contribution >= 0.6 is 11.8 Å². The van der Waals surface area contributed by atoms with Crippen molar-refractivity contribution in [1.82, 2.24) is 9.78 Å². The van der Waals surface area contributed by atoms with Gasteiger partial charge in [0.15, 0.2) is 0 Å². The van der Waals surface area contributed by atoms with Crippen LogP contribution in [0, 0.1) is 0 Å². The number of benzene rings is 1. The summed E-state index contributed by atoms with van der Waals surface area (Å²) in [6.07, 6.45) is 1.66. The van der Waals surface area contributed by atoms with E-state index in [4.69, 9.17) is 5.73 Å². The van der Waals surface area contributed by atoms with Gasteiger partial charge in [-0.25, -0.2) is 0 Å². The summed E-state index contributed by atoms with van der Waals surface area (Å²) in [7, 11) is 1.75. The molecule has 0 saturated heterocycles. The predicted molar refractivity (Wildman–Crippen MR) is 64.9 cm³/mol. The number of hydrogen-bond donors (Lipinski definition) is 1. The maximum atomic E-state index is 12.1. The Morgan fingerprint density at radius 1 is 1.29 bits per heavy atom. The van der Waals surface area contributed by atoms with Crippen LogP contribution in [0.5, 0.6) is 0 Å². The minimum absolute atomic E-state index is 0.526. The molecule has 2 aromatic rings. The van der Waals surface area contributed by atoms with E-state index in [1.807, 2.05) is 0 Å². The second-order valence-corrected chi connectivity index (χ2v) is 4.53. The van der Waals surface area contributed by atoms with Gasteiger partial charge >= 0.3 is 0 Å². The number of alkyl halides is 2. The van der Waals surface area contributed by atoms with Crippen LogP contribution in [-0.4, -0.2) is 15.5 Å². The number of aryl methyl sites for hydroxylation is 1. The van der Waals surface area contributed by atoms with E-state index in [2.05, 4.69) is 5.10 Å². The first-order valence-corrected chi connectivity index (χ1v) is 5.78. The highest BCUT2D eigenvalue weighted by molar-refractivity contribution is 7.99. The molecule has 0 aliphatic carbocycles. The zero-order chi connectivity index (χ0) is 12.4. The minimum atomic E-state index is -2.40. The molecule has 3 nitrogen and oxygen atoms in total. The van der Waals surface area contributed by atoms with Crippen LogP contribution in [0.4, 0.5) is 14.6 Å². The maximum Gasteiger partial charge on any atom is 0.288 e. The van der Waals surface area contributed by atoms with Gasteiger partial charge in [-0.2, -0.15) is 13.9 Å². The van der Waals surface area contributed by atoms with E-state index in [1.54, 1.807) is 42.2 Å². The third-order valence-electron chi connectivity index (χ3n) is 2.38. The van der Waals surface area contributed by atoms with Gasteiger partial charge in [0.1, 0.15) is 5.82 Å². The third kappa shape index (κ3) is 2.58. The number of thioether (sulfide) groups is 1. The van der Waals surface area contributed by atoms with Crippen molar-refractivity contribution in [3.8, 4) is 11.1 Å². The number of aromatic nitrogens is 2. The van der Waals surface area contributed by atoms with E-state index in [0.29, 0.717) is 22.5 Å². The highest BCUT2D eigenvalue weighted by atomic mass is 32.2. The topological polar surface area (TPSA) is 43.8 Å². The molecule has 1 aromatic heterocycles. The molecule has 0 aliphatic heterocycles. The summed E-state index contributed by atoms with van der Waals surface area (Å²) in [6.45, 7) is 0. The minimum Gasteiger partial charge on any atom is -0.383 e. The van der Waals surface area contributed by atoms with Crippen LogP contribution in [0.2, 0.25) is 0 Å². The molecule has 1 aromatic carbocycles. The molecule has 0 unspecified atom stereocenters. The molecule has 0 radical (unpaired) electrons. The van der Waals surface area contributed by atoms with Crippen molar-refractivity contribution in [1.29, 1.82) is 0 Å². The average Bonchev–Trinajstić information content (AvgIpc) is 2.60. The van der Waals surface area contributed by atoms with Crippen LogP contribution in [0.3, 0.4) is 0 Å². The number of anilines is 1. The van der Waals surface area contributed by atoms with Crippen LogP contribution in [-0.2, 0) is 7.05 Å². The summed E-state index contributed by atoms with van der Waals surface area (Å²) in [5.74, 6) is -1.84. The number of rotatable bonds is 3. The van der Waals surface area contributed by atoms with Crippen molar-refractivity contribution >= 4 is 17.6 Å². The van der Waals surface area contributed by atoms with Crippen LogP contribution in [0.15, 0.2) is 35.4 Å². The molecule has 0 fully saturated rings. The first kappa shape index (κ1) is 11.9. The fourth-order valence-electron chi connectivity index (χ4n) is 1.49. The Morgan fingerprint density at radius 3 is 2.41 bits per heavy atom. The van der Waals surface area contributed by atoms with Gasteiger partial charge in [-0.15, -0.1) is 0 Å². The maximum absolute atomic E-state index is 12.1. The summed E-state index contributed by atoms with van der Waals surface area (Å²) in [4.78, 5) is 0.534. The normalized spacial score (nSPS) is 11.1. The van der Waals surface area contributed by atoms with E-state index in [0.717, 1.165) is 11.1 Å². The molecule has 0 aliphatic rings. The Balaban J connectivity index is 2.26. The van der Waals surface area contributed by atoms with Gasteiger partial charge in [0, 0.05) is 17.5 Å². The summed E-state index contributed by atoms with van der Waals surface area (Å²) in [5, 5.41) is 4.03. The van der Waals surface area contributed by atoms with Gasteiger partial charge in [0.05, 0.1) is 6.20 Å². The monoisotopic (exact) mass is 255 g/mol. The smallest absolute Gasteiger partial charge is 0.288 e. The van der Waals surface area contributed by atoms with Crippen molar-refractivity contribution in [3.05, 3.63) is 30.5 Å². The van der Waals surface area contributed by atoms with Crippen LogP contribution < -0.4 is 5.73 Å². The van der Waals surface area contributed by atoms with E-state index in [-0.39, 0.29) is 0 Å². The van der Waals surface area contributed by atoms with Gasteiger partial charge in [-0.3, -0.25) is 4.68 Å². The number of nitrogens with two attached hydrogens (primary N) is 1. The predicted octanol–water partition coefficient (Wildman–Crippen LogP) is 2.98. The fraction of sp³-hybridized carbons (Fsp3) is 0.182. The summed E-state index contributed by atoms with van der Waals surface area (Å²) in [5.41, 5.74) is 7.50. The summed E-state index contributed by atoms with van der Waals surface area (Å²) < 4.78 is 25.8. The second kappa shape index (κ2) is 4.75. The molecule has 0 saturated carbocycles. The summed E-state index contributed by atoms with van der Waals surface area (Å²) in [6, 6.07) is 6.83. The fourth-order valence-corrected chi connectivity index (χ4v) is 1.98. The molecule has 1 heterocycles. The quantitative estimate of drug-likeness (QED) is 0.857. The Morgan fingerprint density at radius 2 is 1.94 bits per heavy atom. The largest absolute Gasteiger partial charge is 0.383 e. The number of nitrogens with zero attached hydrogens (tertiary/aromatic N) is 2. The zero-order valence-corrected chi connectivity index (χ0v) is 9.92. The van der Waals surface area contributed by atoms with Crippen LogP contribution in [0.1, 0.15) is 0 Å². The van der Waals surface area contributed by atoms with Crippen LogP contribution in [0.25, 0.3) is 11.1 Å². The lowest BCUT2D eigenvalue weighted by Crippen LogP contribution is -1.97. The van der Waals surface area contributed by atoms with E-state index in [9.17, 15) is 8.78 Å². The molecule has 90 valence electrons. The van der Waals surface area contributed by atoms with Crippen molar-refractivity contribution < 1.29 is 8.78 Å². The van der Waals surface area contributed by atoms with Crippen molar-refractivity contribution in [2.75, 3.05) is 5.73 Å². The number of halogens is 2. The molecule has 0 bridgehead atoms. The molecule has 0 amide bonds. The molecule has 0 atom stereocenters. The zero-order valence-electron chi connectivity index (χ0n) is 9.10. The molecule has 6 heteroatoms. The third-order valence-corrected chi connectivity index (χ3v) is 3.10.